The lowest BCUT2D eigenvalue weighted by atomic mass is 9.72. The fourth-order valence-electron chi connectivity index (χ4n) is 4.36. The molecular formula is C23H27FN2O2. The summed E-state index contributed by atoms with van der Waals surface area (Å²) in [5, 5.41) is 6.48. The minimum Gasteiger partial charge on any atom is -0.381 e. The molecule has 0 aromatic heterocycles. The largest absolute Gasteiger partial charge is 0.381 e. The van der Waals surface area contributed by atoms with Crippen molar-refractivity contribution in [2.75, 3.05) is 32.8 Å². The fourth-order valence-corrected chi connectivity index (χ4v) is 4.36. The number of rotatable bonds is 6. The first kappa shape index (κ1) is 19.1. The molecule has 148 valence electrons. The van der Waals surface area contributed by atoms with Crippen LogP contribution >= 0.6 is 0 Å². The van der Waals surface area contributed by atoms with Gasteiger partial charge in [-0.3, -0.25) is 4.79 Å². The van der Waals surface area contributed by atoms with Gasteiger partial charge in [0.15, 0.2) is 0 Å². The molecule has 0 saturated carbocycles. The number of hydrogen-bond acceptors (Lipinski definition) is 3. The Hall–Kier alpha value is -2.24. The number of amides is 1. The van der Waals surface area contributed by atoms with E-state index in [9.17, 15) is 9.18 Å². The Balaban J connectivity index is 1.49. The molecule has 0 bridgehead atoms. The van der Waals surface area contributed by atoms with E-state index in [1.54, 1.807) is 12.1 Å². The maximum Gasteiger partial charge on any atom is 0.229 e. The first-order valence-electron chi connectivity index (χ1n) is 9.99. The second kappa shape index (κ2) is 8.02. The molecule has 2 aromatic carbocycles. The van der Waals surface area contributed by atoms with Crippen LogP contribution < -0.4 is 10.6 Å². The smallest absolute Gasteiger partial charge is 0.229 e. The van der Waals surface area contributed by atoms with Crippen LogP contribution in [0.4, 0.5) is 4.39 Å². The van der Waals surface area contributed by atoms with E-state index in [0.717, 1.165) is 24.8 Å². The van der Waals surface area contributed by atoms with Crippen molar-refractivity contribution in [2.24, 2.45) is 5.41 Å². The average molecular weight is 382 g/mol. The quantitative estimate of drug-likeness (QED) is 0.808. The molecule has 2 aliphatic rings. The number of ether oxygens (including phenoxy) is 1. The molecular weight excluding hydrogens is 355 g/mol. The van der Waals surface area contributed by atoms with E-state index >= 15 is 0 Å². The molecule has 5 heteroatoms. The van der Waals surface area contributed by atoms with Crippen molar-refractivity contribution in [3.05, 3.63) is 71.5 Å². The van der Waals surface area contributed by atoms with Crippen molar-refractivity contribution in [1.82, 2.24) is 10.6 Å². The molecule has 2 saturated heterocycles. The van der Waals surface area contributed by atoms with Gasteiger partial charge in [0.25, 0.3) is 0 Å². The Labute approximate surface area is 165 Å². The summed E-state index contributed by atoms with van der Waals surface area (Å²) in [7, 11) is 0. The van der Waals surface area contributed by atoms with E-state index in [-0.39, 0.29) is 17.1 Å². The SMILES string of the molecule is O=C(NCC1(c2cccc(F)c2)CCOCC1)C1(Cc2ccccc2)CNC1. The van der Waals surface area contributed by atoms with Gasteiger partial charge in [-0.2, -0.15) is 0 Å². The highest BCUT2D eigenvalue weighted by molar-refractivity contribution is 5.84. The predicted molar refractivity (Wildman–Crippen MR) is 107 cm³/mol. The van der Waals surface area contributed by atoms with Gasteiger partial charge in [0.05, 0.1) is 5.41 Å². The topological polar surface area (TPSA) is 50.4 Å². The summed E-state index contributed by atoms with van der Waals surface area (Å²) in [6.07, 6.45) is 2.28. The fraction of sp³-hybridized carbons (Fsp3) is 0.435. The van der Waals surface area contributed by atoms with E-state index in [1.165, 1.54) is 11.6 Å². The van der Waals surface area contributed by atoms with Crippen molar-refractivity contribution in [3.63, 3.8) is 0 Å². The van der Waals surface area contributed by atoms with Gasteiger partial charge in [-0.1, -0.05) is 42.5 Å². The molecule has 0 spiro atoms. The lowest BCUT2D eigenvalue weighted by molar-refractivity contribution is -0.134. The number of hydrogen-bond donors (Lipinski definition) is 2. The molecule has 2 heterocycles. The lowest BCUT2D eigenvalue weighted by Crippen LogP contribution is -2.63. The average Bonchev–Trinajstić information content (AvgIpc) is 2.70. The van der Waals surface area contributed by atoms with Gasteiger partial charge in [0, 0.05) is 38.3 Å². The van der Waals surface area contributed by atoms with Crippen LogP contribution in [-0.4, -0.2) is 38.8 Å². The van der Waals surface area contributed by atoms with Crippen LogP contribution in [-0.2, 0) is 21.4 Å². The van der Waals surface area contributed by atoms with E-state index in [4.69, 9.17) is 4.74 Å². The van der Waals surface area contributed by atoms with Crippen LogP contribution in [0.3, 0.4) is 0 Å². The standard InChI is InChI=1S/C23H27FN2O2/c24-20-8-4-7-19(13-20)22(9-11-28-12-10-22)17-26-21(27)23(15-25-16-23)14-18-5-2-1-3-6-18/h1-8,13,25H,9-12,14-17H2,(H,26,27). The molecule has 28 heavy (non-hydrogen) atoms. The highest BCUT2D eigenvalue weighted by Crippen LogP contribution is 2.35. The van der Waals surface area contributed by atoms with Crippen molar-refractivity contribution in [2.45, 2.75) is 24.7 Å². The Kier molecular flexibility index (Phi) is 5.47. The molecule has 0 aliphatic carbocycles. The Morgan fingerprint density at radius 1 is 1.07 bits per heavy atom. The molecule has 2 fully saturated rings. The van der Waals surface area contributed by atoms with Gasteiger partial charge in [-0.25, -0.2) is 4.39 Å². The van der Waals surface area contributed by atoms with Crippen LogP contribution in [0.15, 0.2) is 54.6 Å². The maximum atomic E-state index is 13.9. The Bertz CT molecular complexity index is 814. The van der Waals surface area contributed by atoms with E-state index in [1.807, 2.05) is 24.3 Å². The molecule has 2 N–H and O–H groups in total. The number of carbonyl (C=O) groups excluding carboxylic acids is 1. The van der Waals surface area contributed by atoms with E-state index in [0.29, 0.717) is 32.8 Å². The van der Waals surface area contributed by atoms with Crippen molar-refractivity contribution >= 4 is 5.91 Å². The van der Waals surface area contributed by atoms with E-state index in [2.05, 4.69) is 22.8 Å². The number of benzene rings is 2. The minimum atomic E-state index is -0.407. The molecule has 2 aliphatic heterocycles. The first-order chi connectivity index (χ1) is 13.6. The summed E-state index contributed by atoms with van der Waals surface area (Å²) in [5.74, 6) is -0.157. The molecule has 4 rings (SSSR count). The molecule has 0 radical (unpaired) electrons. The van der Waals surface area contributed by atoms with Gasteiger partial charge >= 0.3 is 0 Å². The molecule has 4 nitrogen and oxygen atoms in total. The zero-order chi connectivity index (χ0) is 19.5. The third kappa shape index (κ3) is 3.82. The lowest BCUT2D eigenvalue weighted by Gasteiger charge is -2.43. The highest BCUT2D eigenvalue weighted by atomic mass is 19.1. The Morgan fingerprint density at radius 3 is 2.46 bits per heavy atom. The summed E-state index contributed by atoms with van der Waals surface area (Å²) in [6, 6.07) is 16.9. The van der Waals surface area contributed by atoms with Crippen molar-refractivity contribution < 1.29 is 13.9 Å². The van der Waals surface area contributed by atoms with Crippen LogP contribution in [0.1, 0.15) is 24.0 Å². The summed E-state index contributed by atoms with van der Waals surface area (Å²) < 4.78 is 19.4. The van der Waals surface area contributed by atoms with Crippen molar-refractivity contribution in [3.8, 4) is 0 Å². The summed E-state index contributed by atoms with van der Waals surface area (Å²) in [4.78, 5) is 13.2. The Morgan fingerprint density at radius 2 is 1.82 bits per heavy atom. The monoisotopic (exact) mass is 382 g/mol. The number of halogens is 1. The number of nitrogens with one attached hydrogen (secondary N) is 2. The van der Waals surface area contributed by atoms with Crippen LogP contribution in [0.2, 0.25) is 0 Å². The van der Waals surface area contributed by atoms with Crippen molar-refractivity contribution in [1.29, 1.82) is 0 Å². The van der Waals surface area contributed by atoms with Crippen LogP contribution in [0, 0.1) is 11.2 Å². The second-order valence-electron chi connectivity index (χ2n) is 8.13. The third-order valence-electron chi connectivity index (χ3n) is 6.27. The van der Waals surface area contributed by atoms with Gasteiger partial charge in [-0.15, -0.1) is 0 Å². The maximum absolute atomic E-state index is 13.9. The summed E-state index contributed by atoms with van der Waals surface area (Å²) >= 11 is 0. The number of carbonyl (C=O) groups is 1. The van der Waals surface area contributed by atoms with Gasteiger partial charge in [0.2, 0.25) is 5.91 Å². The third-order valence-corrected chi connectivity index (χ3v) is 6.27. The predicted octanol–water partition coefficient (Wildman–Crippen LogP) is 2.82. The first-order valence-corrected chi connectivity index (χ1v) is 9.99. The normalized spacial score (nSPS) is 20.2. The van der Waals surface area contributed by atoms with Gasteiger partial charge in [0.1, 0.15) is 5.82 Å². The zero-order valence-corrected chi connectivity index (χ0v) is 16.0. The van der Waals surface area contributed by atoms with Gasteiger partial charge < -0.3 is 15.4 Å². The molecule has 0 unspecified atom stereocenters. The van der Waals surface area contributed by atoms with Crippen LogP contribution in [0.25, 0.3) is 0 Å². The van der Waals surface area contributed by atoms with Gasteiger partial charge in [-0.05, 0) is 42.5 Å². The molecule has 0 atom stereocenters. The zero-order valence-electron chi connectivity index (χ0n) is 16.0. The highest BCUT2D eigenvalue weighted by Gasteiger charge is 2.45. The summed E-state index contributed by atoms with van der Waals surface area (Å²) in [5.41, 5.74) is 1.43. The molecule has 1 amide bonds. The minimum absolute atomic E-state index is 0.0809. The second-order valence-corrected chi connectivity index (χ2v) is 8.13. The van der Waals surface area contributed by atoms with Crippen LogP contribution in [0.5, 0.6) is 0 Å². The summed E-state index contributed by atoms with van der Waals surface area (Å²) in [6.45, 7) is 3.13. The molecule has 2 aromatic rings. The van der Waals surface area contributed by atoms with E-state index < -0.39 is 5.41 Å².